The lowest BCUT2D eigenvalue weighted by molar-refractivity contribution is -0.119. The van der Waals surface area contributed by atoms with Crippen molar-refractivity contribution in [3.63, 3.8) is 0 Å². The maximum atomic E-state index is 11.1. The van der Waals surface area contributed by atoms with Gasteiger partial charge in [0.15, 0.2) is 0 Å². The second-order valence-electron chi connectivity index (χ2n) is 3.00. The summed E-state index contributed by atoms with van der Waals surface area (Å²) in [5, 5.41) is 0. The van der Waals surface area contributed by atoms with Crippen LogP contribution in [0.5, 0.6) is 0 Å². The molecule has 0 aromatic heterocycles. The maximum Gasteiger partial charge on any atom is 0.132 e. The van der Waals surface area contributed by atoms with Gasteiger partial charge in [0, 0.05) is 26.6 Å². The largest absolute Gasteiger partial charge is 0.382 e. The summed E-state index contributed by atoms with van der Waals surface area (Å²) < 4.78 is 10.0. The SMILES string of the molecule is CCCC(=O)CCCOCCOC. The molecule has 0 saturated carbocycles. The average Bonchev–Trinajstić information content (AvgIpc) is 2.11. The number of carbonyl (C=O) groups excluding carboxylic acids is 1. The molecule has 0 aliphatic carbocycles. The zero-order valence-corrected chi connectivity index (χ0v) is 8.67. The molecule has 3 nitrogen and oxygen atoms in total. The van der Waals surface area contributed by atoms with Gasteiger partial charge in [0.2, 0.25) is 0 Å². The highest BCUT2D eigenvalue weighted by atomic mass is 16.5. The van der Waals surface area contributed by atoms with Crippen molar-refractivity contribution in [1.82, 2.24) is 0 Å². The maximum absolute atomic E-state index is 11.1. The third kappa shape index (κ3) is 9.50. The first-order valence-corrected chi connectivity index (χ1v) is 4.89. The Kier molecular flexibility index (Phi) is 9.37. The molecule has 0 amide bonds. The highest BCUT2D eigenvalue weighted by Gasteiger charge is 1.99. The fourth-order valence-electron chi connectivity index (χ4n) is 1.02. The molecule has 0 aliphatic rings. The van der Waals surface area contributed by atoms with Crippen LogP contribution in [0.1, 0.15) is 32.6 Å². The zero-order valence-electron chi connectivity index (χ0n) is 8.67. The first-order chi connectivity index (χ1) is 6.31. The average molecular weight is 188 g/mol. The van der Waals surface area contributed by atoms with Crippen molar-refractivity contribution >= 4 is 5.78 Å². The number of Topliss-reactive ketones (excluding diaryl/α,β-unsaturated/α-hetero) is 1. The van der Waals surface area contributed by atoms with Crippen LogP contribution in [0.15, 0.2) is 0 Å². The molecule has 0 heterocycles. The Morgan fingerprint density at radius 3 is 2.54 bits per heavy atom. The summed E-state index contributed by atoms with van der Waals surface area (Å²) >= 11 is 0. The number of rotatable bonds is 9. The lowest BCUT2D eigenvalue weighted by Gasteiger charge is -2.02. The number of hydrogen-bond donors (Lipinski definition) is 0. The van der Waals surface area contributed by atoms with E-state index in [1.54, 1.807) is 7.11 Å². The molecule has 0 unspecified atom stereocenters. The predicted octanol–water partition coefficient (Wildman–Crippen LogP) is 1.80. The van der Waals surface area contributed by atoms with E-state index in [9.17, 15) is 4.79 Å². The van der Waals surface area contributed by atoms with Crippen molar-refractivity contribution in [2.24, 2.45) is 0 Å². The molecular formula is C10H20O3. The van der Waals surface area contributed by atoms with Crippen LogP contribution in [0.4, 0.5) is 0 Å². The summed E-state index contributed by atoms with van der Waals surface area (Å²) in [6, 6.07) is 0. The van der Waals surface area contributed by atoms with Crippen LogP contribution in [0.2, 0.25) is 0 Å². The molecule has 13 heavy (non-hydrogen) atoms. The molecule has 0 aromatic carbocycles. The van der Waals surface area contributed by atoms with Crippen LogP contribution < -0.4 is 0 Å². The summed E-state index contributed by atoms with van der Waals surface area (Å²) in [4.78, 5) is 11.1. The Bertz CT molecular complexity index is 123. The van der Waals surface area contributed by atoms with Gasteiger partial charge < -0.3 is 9.47 Å². The molecule has 0 fully saturated rings. The van der Waals surface area contributed by atoms with E-state index >= 15 is 0 Å². The molecule has 3 heteroatoms. The van der Waals surface area contributed by atoms with Gasteiger partial charge in [-0.05, 0) is 12.8 Å². The Morgan fingerprint density at radius 2 is 1.92 bits per heavy atom. The van der Waals surface area contributed by atoms with E-state index < -0.39 is 0 Å². The van der Waals surface area contributed by atoms with Crippen molar-refractivity contribution in [3.05, 3.63) is 0 Å². The van der Waals surface area contributed by atoms with E-state index in [2.05, 4.69) is 0 Å². The van der Waals surface area contributed by atoms with Crippen LogP contribution in [0.3, 0.4) is 0 Å². The van der Waals surface area contributed by atoms with Gasteiger partial charge in [-0.3, -0.25) is 4.79 Å². The minimum Gasteiger partial charge on any atom is -0.382 e. The van der Waals surface area contributed by atoms with Crippen LogP contribution in [-0.4, -0.2) is 32.7 Å². The molecule has 0 saturated heterocycles. The second-order valence-corrected chi connectivity index (χ2v) is 3.00. The molecule has 0 aliphatic heterocycles. The van der Waals surface area contributed by atoms with Crippen LogP contribution in [0.25, 0.3) is 0 Å². The first kappa shape index (κ1) is 12.6. The smallest absolute Gasteiger partial charge is 0.132 e. The van der Waals surface area contributed by atoms with Crippen molar-refractivity contribution in [2.75, 3.05) is 26.9 Å². The normalized spacial score (nSPS) is 10.3. The Balaban J connectivity index is 3.02. The molecule has 0 N–H and O–H groups in total. The van der Waals surface area contributed by atoms with Crippen molar-refractivity contribution in [1.29, 1.82) is 0 Å². The van der Waals surface area contributed by atoms with E-state index in [4.69, 9.17) is 9.47 Å². The van der Waals surface area contributed by atoms with Crippen molar-refractivity contribution in [3.8, 4) is 0 Å². The molecule has 0 bridgehead atoms. The lowest BCUT2D eigenvalue weighted by Crippen LogP contribution is -2.05. The highest BCUT2D eigenvalue weighted by molar-refractivity contribution is 5.78. The zero-order chi connectivity index (χ0) is 9.94. The lowest BCUT2D eigenvalue weighted by atomic mass is 10.1. The van der Waals surface area contributed by atoms with Gasteiger partial charge >= 0.3 is 0 Å². The van der Waals surface area contributed by atoms with Crippen molar-refractivity contribution < 1.29 is 14.3 Å². The molecule has 78 valence electrons. The summed E-state index contributed by atoms with van der Waals surface area (Å²) in [5.41, 5.74) is 0. The fourth-order valence-corrected chi connectivity index (χ4v) is 1.02. The number of ketones is 1. The van der Waals surface area contributed by atoms with Gasteiger partial charge in [-0.15, -0.1) is 0 Å². The monoisotopic (exact) mass is 188 g/mol. The first-order valence-electron chi connectivity index (χ1n) is 4.89. The standard InChI is InChI=1S/C10H20O3/c1-3-5-10(11)6-4-7-13-9-8-12-2/h3-9H2,1-2H3. The van der Waals surface area contributed by atoms with E-state index in [1.807, 2.05) is 6.92 Å². The minimum absolute atomic E-state index is 0.345. The summed E-state index contributed by atoms with van der Waals surface area (Å²) in [5.74, 6) is 0.345. The number of carbonyl (C=O) groups is 1. The summed E-state index contributed by atoms with van der Waals surface area (Å²) in [7, 11) is 1.65. The third-order valence-electron chi connectivity index (χ3n) is 1.70. The molecule has 0 radical (unpaired) electrons. The minimum atomic E-state index is 0.345. The fraction of sp³-hybridized carbons (Fsp3) is 0.900. The summed E-state index contributed by atoms with van der Waals surface area (Å²) in [6.07, 6.45) is 3.14. The predicted molar refractivity (Wildman–Crippen MR) is 51.8 cm³/mol. The van der Waals surface area contributed by atoms with Gasteiger partial charge in [0.25, 0.3) is 0 Å². The topological polar surface area (TPSA) is 35.5 Å². The van der Waals surface area contributed by atoms with Crippen LogP contribution >= 0.6 is 0 Å². The second kappa shape index (κ2) is 9.68. The Morgan fingerprint density at radius 1 is 1.15 bits per heavy atom. The number of ether oxygens (including phenoxy) is 2. The van der Waals surface area contributed by atoms with Crippen LogP contribution in [-0.2, 0) is 14.3 Å². The van der Waals surface area contributed by atoms with Gasteiger partial charge in [-0.25, -0.2) is 0 Å². The molecule has 0 spiro atoms. The van der Waals surface area contributed by atoms with E-state index in [1.165, 1.54) is 0 Å². The Hall–Kier alpha value is -0.410. The van der Waals surface area contributed by atoms with Gasteiger partial charge in [-0.1, -0.05) is 6.92 Å². The highest BCUT2D eigenvalue weighted by Crippen LogP contribution is 1.98. The van der Waals surface area contributed by atoms with Gasteiger partial charge in [-0.2, -0.15) is 0 Å². The molecular weight excluding hydrogens is 168 g/mol. The van der Waals surface area contributed by atoms with E-state index in [0.29, 0.717) is 38.4 Å². The number of methoxy groups -OCH3 is 1. The van der Waals surface area contributed by atoms with Crippen LogP contribution in [0, 0.1) is 0 Å². The number of hydrogen-bond acceptors (Lipinski definition) is 3. The van der Waals surface area contributed by atoms with Gasteiger partial charge in [0.05, 0.1) is 13.2 Å². The van der Waals surface area contributed by atoms with Crippen molar-refractivity contribution in [2.45, 2.75) is 32.6 Å². The summed E-state index contributed by atoms with van der Waals surface area (Å²) in [6.45, 7) is 3.94. The molecule has 0 atom stereocenters. The molecule has 0 rings (SSSR count). The Labute approximate surface area is 80.4 Å². The quantitative estimate of drug-likeness (QED) is 0.517. The van der Waals surface area contributed by atoms with Gasteiger partial charge in [0.1, 0.15) is 5.78 Å². The third-order valence-corrected chi connectivity index (χ3v) is 1.70. The molecule has 0 aromatic rings. The van der Waals surface area contributed by atoms with E-state index in [-0.39, 0.29) is 0 Å². The van der Waals surface area contributed by atoms with E-state index in [0.717, 1.165) is 12.8 Å².